The number of nitrogens with one attached hydrogen (secondary N) is 3. The fourth-order valence-electron chi connectivity index (χ4n) is 9.09. The zero-order valence-corrected chi connectivity index (χ0v) is 27.3. The molecule has 4 bridgehead atoms. The number of ether oxygens (including phenoxy) is 1. The lowest BCUT2D eigenvalue weighted by Gasteiger charge is -2.56. The number of hydrogen-bond acceptors (Lipinski definition) is 9. The molecule has 0 atom stereocenters. The van der Waals surface area contributed by atoms with Crippen molar-refractivity contribution in [3.05, 3.63) is 58.1 Å². The van der Waals surface area contributed by atoms with Gasteiger partial charge in [0.15, 0.2) is 0 Å². The predicted molar refractivity (Wildman–Crippen MR) is 176 cm³/mol. The van der Waals surface area contributed by atoms with E-state index in [1.54, 1.807) is 24.3 Å². The molecule has 4 aliphatic carbocycles. The molecule has 6 fully saturated rings. The number of carbonyl (C=O) groups is 2. The van der Waals surface area contributed by atoms with E-state index in [4.69, 9.17) is 4.74 Å². The lowest BCUT2D eigenvalue weighted by Crippen LogP contribution is -2.56. The van der Waals surface area contributed by atoms with Crippen LogP contribution in [0.15, 0.2) is 47.4 Å². The molecular formula is C34H43N5O7S. The van der Waals surface area contributed by atoms with Crippen molar-refractivity contribution in [3.63, 3.8) is 0 Å². The van der Waals surface area contributed by atoms with Crippen LogP contribution in [-0.2, 0) is 19.6 Å². The van der Waals surface area contributed by atoms with E-state index in [1.165, 1.54) is 31.4 Å². The molecule has 2 aromatic rings. The second-order valence-corrected chi connectivity index (χ2v) is 16.1. The van der Waals surface area contributed by atoms with Crippen molar-refractivity contribution < 1.29 is 27.7 Å². The number of sulfonamides is 1. The van der Waals surface area contributed by atoms with Crippen LogP contribution in [0.4, 0.5) is 17.1 Å². The summed E-state index contributed by atoms with van der Waals surface area (Å²) in [6.45, 7) is 2.63. The number of nitro groups is 1. The maximum absolute atomic E-state index is 13.5. The molecule has 47 heavy (non-hydrogen) atoms. The van der Waals surface area contributed by atoms with Gasteiger partial charge in [-0.1, -0.05) is 0 Å². The fraction of sp³-hybridized carbons (Fsp3) is 0.588. The molecular weight excluding hydrogens is 622 g/mol. The van der Waals surface area contributed by atoms with Crippen molar-refractivity contribution in [2.45, 2.75) is 81.2 Å². The lowest BCUT2D eigenvalue weighted by molar-refractivity contribution is -0.384. The van der Waals surface area contributed by atoms with Gasteiger partial charge in [-0.25, -0.2) is 13.1 Å². The molecule has 6 aliphatic rings. The minimum absolute atomic E-state index is 0.0177. The van der Waals surface area contributed by atoms with E-state index in [2.05, 4.69) is 15.5 Å². The van der Waals surface area contributed by atoms with Gasteiger partial charge in [0.1, 0.15) is 5.69 Å². The van der Waals surface area contributed by atoms with Crippen molar-refractivity contribution in [1.82, 2.24) is 10.0 Å². The van der Waals surface area contributed by atoms with Crippen molar-refractivity contribution in [2.75, 3.05) is 36.5 Å². The number of benzene rings is 2. The molecule has 13 heteroatoms. The average Bonchev–Trinajstić information content (AvgIpc) is 3.05. The SMILES string of the molecule is O=C(NS(=O)(=O)c1ccc(NC2CCOCC2)c([N+](=O)[O-])c1)c1ccc(N2CCC(NC(=O)C34CC5CC(CC(C5)C3)C4)CC2)cc1. The van der Waals surface area contributed by atoms with Gasteiger partial charge in [0.25, 0.3) is 21.6 Å². The molecule has 3 N–H and O–H groups in total. The monoisotopic (exact) mass is 665 g/mol. The minimum atomic E-state index is -4.37. The number of carbonyl (C=O) groups excluding carboxylic acids is 2. The van der Waals surface area contributed by atoms with Gasteiger partial charge in [0, 0.05) is 61.1 Å². The molecule has 252 valence electrons. The van der Waals surface area contributed by atoms with Crippen LogP contribution < -0.4 is 20.3 Å². The first-order valence-corrected chi connectivity index (χ1v) is 18.4. The smallest absolute Gasteiger partial charge is 0.293 e. The van der Waals surface area contributed by atoms with Gasteiger partial charge in [-0.15, -0.1) is 0 Å². The summed E-state index contributed by atoms with van der Waals surface area (Å²) in [5.74, 6) is 1.65. The van der Waals surface area contributed by atoms with Crippen LogP contribution in [0, 0.1) is 33.3 Å². The number of nitrogens with zero attached hydrogens (tertiary/aromatic N) is 2. The van der Waals surface area contributed by atoms with Crippen LogP contribution >= 0.6 is 0 Å². The van der Waals surface area contributed by atoms with Crippen molar-refractivity contribution in [1.29, 1.82) is 0 Å². The first-order chi connectivity index (χ1) is 22.6. The summed E-state index contributed by atoms with van der Waals surface area (Å²) in [6.07, 6.45) is 10.2. The summed E-state index contributed by atoms with van der Waals surface area (Å²) >= 11 is 0. The molecule has 0 aromatic heterocycles. The zero-order chi connectivity index (χ0) is 32.8. The van der Waals surface area contributed by atoms with E-state index in [0.29, 0.717) is 26.1 Å². The molecule has 12 nitrogen and oxygen atoms in total. The Labute approximate surface area is 275 Å². The molecule has 2 amide bonds. The van der Waals surface area contributed by atoms with E-state index in [-0.39, 0.29) is 45.2 Å². The zero-order valence-electron chi connectivity index (χ0n) is 26.5. The first-order valence-electron chi connectivity index (χ1n) is 16.9. The summed E-state index contributed by atoms with van der Waals surface area (Å²) in [6, 6.07) is 10.4. The van der Waals surface area contributed by atoms with Crippen molar-refractivity contribution in [2.24, 2.45) is 23.2 Å². The summed E-state index contributed by atoms with van der Waals surface area (Å²) in [7, 11) is -4.37. The van der Waals surface area contributed by atoms with E-state index < -0.39 is 20.9 Å². The molecule has 2 aromatic carbocycles. The Morgan fingerprint density at radius 1 is 0.872 bits per heavy atom. The van der Waals surface area contributed by atoms with Crippen LogP contribution in [0.3, 0.4) is 0 Å². The number of rotatable bonds is 9. The third-order valence-corrected chi connectivity index (χ3v) is 12.5. The van der Waals surface area contributed by atoms with E-state index in [1.807, 2.05) is 4.72 Å². The second-order valence-electron chi connectivity index (χ2n) is 14.4. The van der Waals surface area contributed by atoms with Gasteiger partial charge in [-0.3, -0.25) is 19.7 Å². The number of hydrogen-bond donors (Lipinski definition) is 3. The van der Waals surface area contributed by atoms with Gasteiger partial charge in [-0.05, 0) is 118 Å². The van der Waals surface area contributed by atoms with Gasteiger partial charge in [0.05, 0.1) is 9.82 Å². The van der Waals surface area contributed by atoms with Crippen LogP contribution in [0.25, 0.3) is 0 Å². The second kappa shape index (κ2) is 12.7. The maximum atomic E-state index is 13.5. The third kappa shape index (κ3) is 6.69. The highest BCUT2D eigenvalue weighted by Gasteiger charge is 2.54. The molecule has 0 unspecified atom stereocenters. The molecule has 0 spiro atoms. The maximum Gasteiger partial charge on any atom is 0.293 e. The van der Waals surface area contributed by atoms with Gasteiger partial charge >= 0.3 is 0 Å². The summed E-state index contributed by atoms with van der Waals surface area (Å²) in [5.41, 5.74) is 0.764. The highest BCUT2D eigenvalue weighted by Crippen LogP contribution is 2.60. The number of nitro benzene ring substituents is 1. The Balaban J connectivity index is 0.931. The molecule has 4 saturated carbocycles. The minimum Gasteiger partial charge on any atom is -0.381 e. The standard InChI is InChI=1S/C34H43N5O7S/c40-32(37-47(44,45)29-5-6-30(31(18-29)39(42)43)35-27-9-13-46-14-10-27)25-1-3-28(4-2-25)38-11-7-26(8-12-38)36-33(41)34-19-22-15-23(20-34)17-24(16-22)21-34/h1-6,18,22-24,26-27,35H,7-17,19-21H2,(H,36,41)(H,37,40). The van der Waals surface area contributed by atoms with Gasteiger partial charge in [0.2, 0.25) is 5.91 Å². The molecule has 0 radical (unpaired) electrons. The van der Waals surface area contributed by atoms with Crippen molar-refractivity contribution >= 4 is 38.9 Å². The Morgan fingerprint density at radius 3 is 2.09 bits per heavy atom. The molecule has 2 saturated heterocycles. The van der Waals surface area contributed by atoms with Crippen LogP contribution in [-0.4, -0.2) is 63.5 Å². The first kappa shape index (κ1) is 31.9. The normalized spacial score (nSPS) is 27.7. The Morgan fingerprint density at radius 2 is 1.49 bits per heavy atom. The topological polar surface area (TPSA) is 160 Å². The van der Waals surface area contributed by atoms with Crippen LogP contribution in [0.5, 0.6) is 0 Å². The fourth-order valence-corrected chi connectivity index (χ4v) is 10.1. The van der Waals surface area contributed by atoms with Gasteiger partial charge in [-0.2, -0.15) is 0 Å². The summed E-state index contributed by atoms with van der Waals surface area (Å²) in [5, 5.41) is 18.3. The van der Waals surface area contributed by atoms with Crippen LogP contribution in [0.1, 0.15) is 74.6 Å². The van der Waals surface area contributed by atoms with E-state index in [9.17, 15) is 28.1 Å². The highest BCUT2D eigenvalue weighted by molar-refractivity contribution is 7.90. The average molecular weight is 666 g/mol. The largest absolute Gasteiger partial charge is 0.381 e. The highest BCUT2D eigenvalue weighted by atomic mass is 32.2. The molecule has 2 heterocycles. The summed E-state index contributed by atoms with van der Waals surface area (Å²) in [4.78, 5) is 39.4. The van der Waals surface area contributed by atoms with Crippen LogP contribution in [0.2, 0.25) is 0 Å². The third-order valence-electron chi connectivity index (χ3n) is 11.1. The van der Waals surface area contributed by atoms with E-state index >= 15 is 0 Å². The van der Waals surface area contributed by atoms with Crippen molar-refractivity contribution in [3.8, 4) is 0 Å². The molecule has 8 rings (SSSR count). The Kier molecular flexibility index (Phi) is 8.62. The Hall–Kier alpha value is -3.71. The quantitative estimate of drug-likeness (QED) is 0.257. The number of anilines is 2. The Bertz CT molecular complexity index is 1600. The lowest BCUT2D eigenvalue weighted by atomic mass is 9.49. The predicted octanol–water partition coefficient (Wildman–Crippen LogP) is 4.61. The number of amides is 2. The molecule has 2 aliphatic heterocycles. The summed E-state index contributed by atoms with van der Waals surface area (Å²) < 4.78 is 33.5. The number of piperidine rings is 1. The van der Waals surface area contributed by atoms with Gasteiger partial charge < -0.3 is 20.3 Å². The van der Waals surface area contributed by atoms with E-state index in [0.717, 1.165) is 74.7 Å².